The Kier molecular flexibility index (Phi) is 6.04. The molecule has 6 heteroatoms. The molecular formula is C19H27FN2O3. The fourth-order valence-electron chi connectivity index (χ4n) is 3.70. The number of likely N-dealkylation sites (tertiary alicyclic amines) is 1. The van der Waals surface area contributed by atoms with Crippen LogP contribution in [0.5, 0.6) is 0 Å². The minimum atomic E-state index is -0.273. The van der Waals surface area contributed by atoms with Crippen LogP contribution >= 0.6 is 0 Å². The Bertz CT molecular complexity index is 604. The van der Waals surface area contributed by atoms with E-state index in [9.17, 15) is 14.3 Å². The summed E-state index contributed by atoms with van der Waals surface area (Å²) in [5.74, 6) is 0.125. The summed E-state index contributed by atoms with van der Waals surface area (Å²) < 4.78 is 19.0. The number of carbonyl (C=O) groups is 1. The van der Waals surface area contributed by atoms with Crippen molar-refractivity contribution < 1.29 is 19.0 Å². The summed E-state index contributed by atoms with van der Waals surface area (Å²) in [7, 11) is 0. The van der Waals surface area contributed by atoms with Crippen molar-refractivity contribution >= 4 is 5.91 Å². The van der Waals surface area contributed by atoms with Crippen LogP contribution in [0.3, 0.4) is 0 Å². The first kappa shape index (κ1) is 18.3. The maximum atomic E-state index is 13.7. The summed E-state index contributed by atoms with van der Waals surface area (Å²) in [4.78, 5) is 16.8. The molecule has 0 aromatic heterocycles. The van der Waals surface area contributed by atoms with E-state index >= 15 is 0 Å². The minimum absolute atomic E-state index is 0.00572. The van der Waals surface area contributed by atoms with Gasteiger partial charge < -0.3 is 14.7 Å². The van der Waals surface area contributed by atoms with E-state index in [-0.39, 0.29) is 36.6 Å². The zero-order valence-corrected chi connectivity index (χ0v) is 14.8. The Morgan fingerprint density at radius 2 is 2.00 bits per heavy atom. The van der Waals surface area contributed by atoms with Crippen LogP contribution in [0.25, 0.3) is 0 Å². The summed E-state index contributed by atoms with van der Waals surface area (Å²) >= 11 is 0. The number of ether oxygens (including phenoxy) is 1. The van der Waals surface area contributed by atoms with E-state index < -0.39 is 0 Å². The zero-order valence-electron chi connectivity index (χ0n) is 14.8. The fraction of sp³-hybridized carbons (Fsp3) is 0.632. The Balaban J connectivity index is 1.58. The van der Waals surface area contributed by atoms with Gasteiger partial charge in [-0.3, -0.25) is 9.69 Å². The van der Waals surface area contributed by atoms with E-state index in [0.717, 1.165) is 32.8 Å². The average molecular weight is 350 g/mol. The molecule has 0 radical (unpaired) electrons. The fourth-order valence-corrected chi connectivity index (χ4v) is 3.70. The van der Waals surface area contributed by atoms with E-state index in [0.29, 0.717) is 24.2 Å². The van der Waals surface area contributed by atoms with Crippen molar-refractivity contribution in [3.05, 3.63) is 35.1 Å². The van der Waals surface area contributed by atoms with Gasteiger partial charge >= 0.3 is 0 Å². The van der Waals surface area contributed by atoms with Gasteiger partial charge in [0.05, 0.1) is 19.6 Å². The van der Waals surface area contributed by atoms with Gasteiger partial charge in [0.15, 0.2) is 0 Å². The first-order valence-electron chi connectivity index (χ1n) is 9.00. The second-order valence-electron chi connectivity index (χ2n) is 7.17. The zero-order chi connectivity index (χ0) is 17.8. The molecule has 2 aliphatic rings. The molecule has 25 heavy (non-hydrogen) atoms. The average Bonchev–Trinajstić information content (AvgIpc) is 3.02. The molecule has 2 unspecified atom stereocenters. The molecule has 0 aliphatic carbocycles. The second-order valence-corrected chi connectivity index (χ2v) is 7.17. The van der Waals surface area contributed by atoms with Crippen LogP contribution in [0.1, 0.15) is 11.1 Å². The molecule has 2 saturated heterocycles. The molecule has 0 bridgehead atoms. The quantitative estimate of drug-likeness (QED) is 0.863. The third-order valence-electron chi connectivity index (χ3n) is 5.35. The number of benzene rings is 1. The lowest BCUT2D eigenvalue weighted by molar-refractivity contribution is -0.129. The summed E-state index contributed by atoms with van der Waals surface area (Å²) in [5.41, 5.74) is 1.29. The highest BCUT2D eigenvalue weighted by Gasteiger charge is 2.35. The molecule has 138 valence electrons. The first-order chi connectivity index (χ1) is 12.1. The number of morpholine rings is 1. The Labute approximate surface area is 148 Å². The lowest BCUT2D eigenvalue weighted by Gasteiger charge is -2.30. The number of hydrogen-bond donors (Lipinski definition) is 1. The van der Waals surface area contributed by atoms with Crippen molar-refractivity contribution in [2.24, 2.45) is 11.8 Å². The van der Waals surface area contributed by atoms with Crippen LogP contribution < -0.4 is 0 Å². The molecule has 1 amide bonds. The number of nitrogens with zero attached hydrogens (tertiary/aromatic N) is 2. The number of aryl methyl sites for hydroxylation is 1. The van der Waals surface area contributed by atoms with E-state index in [2.05, 4.69) is 4.90 Å². The third-order valence-corrected chi connectivity index (χ3v) is 5.35. The van der Waals surface area contributed by atoms with Crippen molar-refractivity contribution in [3.63, 3.8) is 0 Å². The second kappa shape index (κ2) is 8.25. The number of aliphatic hydroxyl groups is 1. The summed E-state index contributed by atoms with van der Waals surface area (Å²) in [6, 6.07) is 4.96. The molecule has 2 atom stereocenters. The Hall–Kier alpha value is -1.50. The van der Waals surface area contributed by atoms with Gasteiger partial charge in [-0.2, -0.15) is 0 Å². The lowest BCUT2D eigenvalue weighted by Crippen LogP contribution is -2.41. The van der Waals surface area contributed by atoms with Gasteiger partial charge in [0.25, 0.3) is 0 Å². The summed E-state index contributed by atoms with van der Waals surface area (Å²) in [6.07, 6.45) is 0.208. The standard InChI is InChI=1S/C19H27FN2O3/c1-14-2-3-15(8-18(14)20)9-19(24)22-11-16(17(12-22)13-23)10-21-4-6-25-7-5-21/h2-3,8,16-17,23H,4-7,9-13H2,1H3. The van der Waals surface area contributed by atoms with E-state index in [1.54, 1.807) is 19.1 Å². The normalized spacial score (nSPS) is 24.7. The molecule has 1 aromatic carbocycles. The molecule has 1 N–H and O–H groups in total. The van der Waals surface area contributed by atoms with Crippen LogP contribution in [0, 0.1) is 24.6 Å². The van der Waals surface area contributed by atoms with Gasteiger partial charge in [-0.25, -0.2) is 4.39 Å². The van der Waals surface area contributed by atoms with Crippen molar-refractivity contribution in [3.8, 4) is 0 Å². The van der Waals surface area contributed by atoms with Crippen molar-refractivity contribution in [2.75, 3.05) is 52.5 Å². The van der Waals surface area contributed by atoms with Crippen molar-refractivity contribution in [1.82, 2.24) is 9.80 Å². The third kappa shape index (κ3) is 4.57. The first-order valence-corrected chi connectivity index (χ1v) is 9.00. The van der Waals surface area contributed by atoms with Crippen LogP contribution in [-0.4, -0.2) is 73.4 Å². The maximum absolute atomic E-state index is 13.7. The topological polar surface area (TPSA) is 53.0 Å². The van der Waals surface area contributed by atoms with Gasteiger partial charge in [0.1, 0.15) is 5.82 Å². The Morgan fingerprint density at radius 3 is 2.68 bits per heavy atom. The van der Waals surface area contributed by atoms with E-state index in [1.807, 2.05) is 4.90 Å². The summed E-state index contributed by atoms with van der Waals surface area (Å²) in [5, 5.41) is 9.69. The van der Waals surface area contributed by atoms with Crippen LogP contribution in [0.4, 0.5) is 4.39 Å². The number of carbonyl (C=O) groups excluding carboxylic acids is 1. The molecule has 2 heterocycles. The molecule has 0 saturated carbocycles. The lowest BCUT2D eigenvalue weighted by atomic mass is 9.96. The predicted molar refractivity (Wildman–Crippen MR) is 92.7 cm³/mol. The number of halogens is 1. The molecule has 0 spiro atoms. The largest absolute Gasteiger partial charge is 0.396 e. The van der Waals surface area contributed by atoms with Crippen LogP contribution in [-0.2, 0) is 16.0 Å². The number of aliphatic hydroxyl groups excluding tert-OH is 1. The molecule has 3 rings (SSSR count). The van der Waals surface area contributed by atoms with E-state index in [4.69, 9.17) is 4.74 Å². The molecular weight excluding hydrogens is 323 g/mol. The maximum Gasteiger partial charge on any atom is 0.227 e. The Morgan fingerprint density at radius 1 is 1.28 bits per heavy atom. The number of hydrogen-bond acceptors (Lipinski definition) is 4. The van der Waals surface area contributed by atoms with Gasteiger partial charge in [-0.15, -0.1) is 0 Å². The smallest absolute Gasteiger partial charge is 0.227 e. The van der Waals surface area contributed by atoms with E-state index in [1.165, 1.54) is 6.07 Å². The summed E-state index contributed by atoms with van der Waals surface area (Å²) in [6.45, 7) is 7.25. The highest BCUT2D eigenvalue weighted by Crippen LogP contribution is 2.25. The van der Waals surface area contributed by atoms with Gasteiger partial charge in [-0.1, -0.05) is 12.1 Å². The molecule has 1 aromatic rings. The van der Waals surface area contributed by atoms with Crippen molar-refractivity contribution in [2.45, 2.75) is 13.3 Å². The van der Waals surface area contributed by atoms with Crippen LogP contribution in [0.15, 0.2) is 18.2 Å². The number of amides is 1. The predicted octanol–water partition coefficient (Wildman–Crippen LogP) is 1.08. The number of rotatable bonds is 5. The molecule has 5 nitrogen and oxygen atoms in total. The van der Waals surface area contributed by atoms with Gasteiger partial charge in [-0.05, 0) is 30.0 Å². The minimum Gasteiger partial charge on any atom is -0.396 e. The van der Waals surface area contributed by atoms with Crippen molar-refractivity contribution in [1.29, 1.82) is 0 Å². The molecule has 2 fully saturated rings. The molecule has 2 aliphatic heterocycles. The highest BCUT2D eigenvalue weighted by molar-refractivity contribution is 5.79. The van der Waals surface area contributed by atoms with Gasteiger partial charge in [0, 0.05) is 45.2 Å². The highest BCUT2D eigenvalue weighted by atomic mass is 19.1. The van der Waals surface area contributed by atoms with Gasteiger partial charge in [0.2, 0.25) is 5.91 Å². The SMILES string of the molecule is Cc1ccc(CC(=O)N2CC(CO)C(CN3CCOCC3)C2)cc1F. The monoisotopic (exact) mass is 350 g/mol. The van der Waals surface area contributed by atoms with Crippen LogP contribution in [0.2, 0.25) is 0 Å².